The molecule has 0 aliphatic carbocycles. The summed E-state index contributed by atoms with van der Waals surface area (Å²) in [5, 5.41) is 2.97. The van der Waals surface area contributed by atoms with Gasteiger partial charge in [-0.1, -0.05) is 11.8 Å². The van der Waals surface area contributed by atoms with Gasteiger partial charge in [0, 0.05) is 37.3 Å². The fourth-order valence-corrected chi connectivity index (χ4v) is 6.06. The summed E-state index contributed by atoms with van der Waals surface area (Å²) in [6.45, 7) is 4.95. The van der Waals surface area contributed by atoms with Crippen molar-refractivity contribution < 1.29 is 32.1 Å². The van der Waals surface area contributed by atoms with Gasteiger partial charge in [-0.3, -0.25) is 0 Å². The highest BCUT2D eigenvalue weighted by Crippen LogP contribution is 2.53. The van der Waals surface area contributed by atoms with Crippen molar-refractivity contribution in [1.82, 2.24) is 15.2 Å². The molecule has 1 saturated heterocycles. The Morgan fingerprint density at radius 3 is 2.32 bits per heavy atom. The molecule has 9 nitrogen and oxygen atoms in total. The molecule has 3 aliphatic rings. The van der Waals surface area contributed by atoms with Crippen molar-refractivity contribution >= 4 is 23.6 Å². The number of benzene rings is 1. The van der Waals surface area contributed by atoms with Crippen molar-refractivity contribution in [1.29, 1.82) is 0 Å². The number of pyridine rings is 1. The molecule has 0 bridgehead atoms. The van der Waals surface area contributed by atoms with Crippen LogP contribution in [-0.4, -0.2) is 81.1 Å². The Bertz CT molecular complexity index is 1260. The van der Waals surface area contributed by atoms with Crippen LogP contribution in [0.15, 0.2) is 33.2 Å². The van der Waals surface area contributed by atoms with Crippen molar-refractivity contribution in [2.75, 3.05) is 54.1 Å². The molecule has 38 heavy (non-hydrogen) atoms. The van der Waals surface area contributed by atoms with E-state index < -0.39 is 23.0 Å². The molecule has 2 atom stereocenters. The number of rotatable bonds is 5. The molecule has 0 spiro atoms. The minimum absolute atomic E-state index is 0.0448. The van der Waals surface area contributed by atoms with E-state index in [0.717, 1.165) is 19.2 Å². The number of ether oxygens (including phenoxy) is 4. The van der Waals surface area contributed by atoms with Gasteiger partial charge in [0.1, 0.15) is 16.3 Å². The monoisotopic (exact) mass is 551 g/mol. The van der Waals surface area contributed by atoms with Crippen LogP contribution in [0.4, 0.5) is 13.2 Å². The van der Waals surface area contributed by atoms with E-state index in [1.165, 1.54) is 33.1 Å². The molecule has 0 radical (unpaired) electrons. The van der Waals surface area contributed by atoms with Gasteiger partial charge in [0.15, 0.2) is 11.5 Å². The van der Waals surface area contributed by atoms with Crippen LogP contribution in [0, 0.1) is 0 Å². The zero-order valence-electron chi connectivity index (χ0n) is 21.4. The highest BCUT2D eigenvalue weighted by atomic mass is 32.2. The van der Waals surface area contributed by atoms with Crippen molar-refractivity contribution in [3.63, 3.8) is 0 Å². The molecule has 1 N–H and O–H groups in total. The van der Waals surface area contributed by atoms with Crippen molar-refractivity contribution in [2.45, 2.75) is 29.4 Å². The zero-order chi connectivity index (χ0) is 27.0. The molecule has 1 aromatic carbocycles. The second-order valence-electron chi connectivity index (χ2n) is 8.72. The average Bonchev–Trinajstić information content (AvgIpc) is 3.30. The first-order valence-electron chi connectivity index (χ1n) is 12.1. The molecule has 3 aliphatic heterocycles. The predicted octanol–water partition coefficient (Wildman–Crippen LogP) is 4.02. The number of fused-ring (bicyclic) bond motifs is 3. The minimum atomic E-state index is -4.64. The summed E-state index contributed by atoms with van der Waals surface area (Å²) in [6.07, 6.45) is -4.64. The van der Waals surface area contributed by atoms with Gasteiger partial charge in [0.05, 0.1) is 39.2 Å². The van der Waals surface area contributed by atoms with Crippen LogP contribution in [0.5, 0.6) is 17.2 Å². The summed E-state index contributed by atoms with van der Waals surface area (Å²) < 4.78 is 65.7. The Morgan fingerprint density at radius 2 is 1.74 bits per heavy atom. The number of halogens is 3. The van der Waals surface area contributed by atoms with E-state index in [0.29, 0.717) is 54.4 Å². The topological polar surface area (TPSA) is 89.8 Å². The maximum absolute atomic E-state index is 14.6. The number of aliphatic imine (C=N–C) groups is 2. The maximum atomic E-state index is 14.6. The second kappa shape index (κ2) is 10.5. The van der Waals surface area contributed by atoms with Gasteiger partial charge in [-0.15, -0.1) is 0 Å². The maximum Gasteiger partial charge on any atom is 0.416 e. The van der Waals surface area contributed by atoms with E-state index in [-0.39, 0.29) is 16.3 Å². The number of nitrogens with zero attached hydrogens (tertiary/aromatic N) is 4. The number of hydrogen-bond acceptors (Lipinski definition) is 10. The van der Waals surface area contributed by atoms with Crippen LogP contribution in [-0.2, 0) is 10.9 Å². The van der Waals surface area contributed by atoms with E-state index in [2.05, 4.69) is 15.3 Å². The quantitative estimate of drug-likeness (QED) is 0.596. The van der Waals surface area contributed by atoms with E-state index in [9.17, 15) is 13.2 Å². The van der Waals surface area contributed by atoms with Gasteiger partial charge >= 0.3 is 6.18 Å². The summed E-state index contributed by atoms with van der Waals surface area (Å²) in [6, 6.07) is 3.40. The van der Waals surface area contributed by atoms with Gasteiger partial charge < -0.3 is 29.2 Å². The lowest BCUT2D eigenvalue weighted by molar-refractivity contribution is -0.138. The van der Waals surface area contributed by atoms with Crippen LogP contribution in [0.2, 0.25) is 0 Å². The Morgan fingerprint density at radius 1 is 1.05 bits per heavy atom. The zero-order valence-corrected chi connectivity index (χ0v) is 22.2. The molecule has 5 rings (SSSR count). The first-order valence-corrected chi connectivity index (χ1v) is 13.0. The summed E-state index contributed by atoms with van der Waals surface area (Å²) in [5.41, 5.74) is -0.217. The lowest BCUT2D eigenvalue weighted by Gasteiger charge is -2.32. The molecule has 1 fully saturated rings. The van der Waals surface area contributed by atoms with Gasteiger partial charge in [0.25, 0.3) is 0 Å². The van der Waals surface area contributed by atoms with Crippen molar-refractivity contribution in [3.05, 3.63) is 29.3 Å². The number of thioether (sulfide) groups is 1. The lowest BCUT2D eigenvalue weighted by Crippen LogP contribution is -2.47. The Hall–Kier alpha value is -3.19. The Kier molecular flexibility index (Phi) is 7.32. The number of methoxy groups -OCH3 is 3. The van der Waals surface area contributed by atoms with Crippen molar-refractivity contribution in [2.24, 2.45) is 9.98 Å². The van der Waals surface area contributed by atoms with Crippen LogP contribution in [0.3, 0.4) is 0 Å². The molecule has 1 aromatic heterocycles. The standard InChI is InChI=1S/C25H28F3N5O4S/c1-5-37-22-21-19(31-24(32-22)33-8-6-29-7-9-33)18-14(25(26,27)28)12-15(30-23(18)38-21)13-10-16(34-2)20(36-4)17(11-13)35-3/h10-12,19,21,29H,5-9H2,1-4H3. The van der Waals surface area contributed by atoms with Gasteiger partial charge in [-0.05, 0) is 25.1 Å². The third kappa shape index (κ3) is 4.73. The fraction of sp³-hybridized carbons (Fsp3) is 0.480. The molecule has 204 valence electrons. The lowest BCUT2D eigenvalue weighted by atomic mass is 9.97. The molecule has 4 heterocycles. The number of piperazine rings is 1. The van der Waals surface area contributed by atoms with E-state index >= 15 is 0 Å². The van der Waals surface area contributed by atoms with E-state index in [4.69, 9.17) is 23.9 Å². The van der Waals surface area contributed by atoms with E-state index in [1.807, 2.05) is 11.8 Å². The summed E-state index contributed by atoms with van der Waals surface area (Å²) in [4.78, 5) is 16.0. The molecule has 0 amide bonds. The SMILES string of the molecule is CCOC1=NC(N2CCNCC2)=NC2c3c(C(F)(F)F)cc(-c4cc(OC)c(OC)c(OC)c4)nc3SC12. The van der Waals surface area contributed by atoms with Crippen molar-refractivity contribution in [3.8, 4) is 28.5 Å². The number of hydrogen-bond donors (Lipinski definition) is 1. The normalized spacial score (nSPS) is 20.8. The number of aromatic nitrogens is 1. The largest absolute Gasteiger partial charge is 0.493 e. The Labute approximate surface area is 222 Å². The average molecular weight is 552 g/mol. The highest BCUT2D eigenvalue weighted by Gasteiger charge is 2.48. The highest BCUT2D eigenvalue weighted by molar-refractivity contribution is 8.01. The van der Waals surface area contributed by atoms with Crippen LogP contribution < -0.4 is 19.5 Å². The first-order chi connectivity index (χ1) is 18.3. The summed E-state index contributed by atoms with van der Waals surface area (Å²) >= 11 is 1.19. The number of nitrogens with one attached hydrogen (secondary N) is 1. The molecular weight excluding hydrogens is 523 g/mol. The Balaban J connectivity index is 1.65. The molecule has 13 heteroatoms. The predicted molar refractivity (Wildman–Crippen MR) is 138 cm³/mol. The third-order valence-electron chi connectivity index (χ3n) is 6.51. The van der Waals surface area contributed by atoms with E-state index in [1.54, 1.807) is 12.1 Å². The third-order valence-corrected chi connectivity index (χ3v) is 7.76. The van der Waals surface area contributed by atoms with Gasteiger partial charge in [-0.25, -0.2) is 9.98 Å². The molecule has 2 aromatic rings. The first kappa shape index (κ1) is 26.4. The molecule has 0 saturated carbocycles. The smallest absolute Gasteiger partial charge is 0.416 e. The molecular formula is C25H28F3N5O4S. The van der Waals surface area contributed by atoms with Crippen LogP contribution >= 0.6 is 11.8 Å². The van der Waals surface area contributed by atoms with Gasteiger partial charge in [0.2, 0.25) is 17.6 Å². The number of alkyl halides is 3. The summed E-state index contributed by atoms with van der Waals surface area (Å²) in [5.74, 6) is 1.73. The minimum Gasteiger partial charge on any atom is -0.493 e. The van der Waals surface area contributed by atoms with Crippen LogP contribution in [0.1, 0.15) is 24.1 Å². The summed E-state index contributed by atoms with van der Waals surface area (Å²) in [7, 11) is 4.35. The fourth-order valence-electron chi connectivity index (χ4n) is 4.77. The number of guanidine groups is 1. The second-order valence-corrected chi connectivity index (χ2v) is 9.85. The molecule has 2 unspecified atom stereocenters. The van der Waals surface area contributed by atoms with Crippen LogP contribution in [0.25, 0.3) is 11.3 Å². The van der Waals surface area contributed by atoms with Gasteiger partial charge in [-0.2, -0.15) is 18.2 Å².